The Hall–Kier alpha value is -0.0400. The lowest BCUT2D eigenvalue weighted by Gasteiger charge is -2.11. The molecular weight excluding hydrogens is 122 g/mol. The van der Waals surface area contributed by atoms with Crippen LogP contribution in [-0.2, 0) is 0 Å². The minimum absolute atomic E-state index is 0. The van der Waals surface area contributed by atoms with Crippen LogP contribution in [0.25, 0.3) is 0 Å². The molecule has 1 heteroatoms. The summed E-state index contributed by atoms with van der Waals surface area (Å²) in [5.41, 5.74) is 0. The molecule has 1 fully saturated rings. The minimum Gasteiger partial charge on any atom is -0.317 e. The number of rotatable bonds is 1. The molecule has 10 heavy (non-hydrogen) atoms. The Balaban J connectivity index is 0.000001000. The van der Waals surface area contributed by atoms with E-state index in [1.165, 1.54) is 32.1 Å². The van der Waals surface area contributed by atoms with Crippen molar-refractivity contribution in [3.63, 3.8) is 0 Å². The average Bonchev–Trinajstić information content (AvgIpc) is 2.14. The van der Waals surface area contributed by atoms with Crippen LogP contribution in [0.2, 0.25) is 0 Å². The first kappa shape index (κ1) is 8.06. The molecule has 0 aromatic heterocycles. The molecule has 0 aliphatic heterocycles. The highest BCUT2D eigenvalue weighted by Crippen LogP contribution is 2.21. The summed E-state index contributed by atoms with van der Waals surface area (Å²) in [4.78, 5) is 0. The second-order valence-electron chi connectivity index (χ2n) is 3.60. The van der Waals surface area contributed by atoms with Gasteiger partial charge in [0.1, 0.15) is 0 Å². The van der Waals surface area contributed by atoms with Crippen LogP contribution >= 0.6 is 0 Å². The topological polar surface area (TPSA) is 12.0 Å². The van der Waals surface area contributed by atoms with Crippen LogP contribution in [0.4, 0.5) is 0 Å². The second-order valence-corrected chi connectivity index (χ2v) is 3.60. The molecule has 0 spiro atoms. The summed E-state index contributed by atoms with van der Waals surface area (Å²) in [5.74, 6) is 0.971. The van der Waals surface area contributed by atoms with Gasteiger partial charge in [-0.25, -0.2) is 0 Å². The van der Waals surface area contributed by atoms with Gasteiger partial charge >= 0.3 is 0 Å². The molecule has 0 aromatic rings. The van der Waals surface area contributed by atoms with Gasteiger partial charge in [0.05, 0.1) is 0 Å². The van der Waals surface area contributed by atoms with Crippen molar-refractivity contribution in [3.8, 4) is 0 Å². The monoisotopic (exact) mass is 143 g/mol. The van der Waals surface area contributed by atoms with E-state index in [9.17, 15) is 0 Å². The maximum absolute atomic E-state index is 3.36. The molecule has 1 saturated carbocycles. The highest BCUT2D eigenvalue weighted by Gasteiger charge is 2.13. The normalized spacial score (nSPS) is 35.4. The predicted octanol–water partition coefficient (Wildman–Crippen LogP) is 2.42. The molecule has 0 amide bonds. The van der Waals surface area contributed by atoms with Crippen LogP contribution in [-0.4, -0.2) is 13.1 Å². The molecular formula is C9H21N. The van der Waals surface area contributed by atoms with Gasteiger partial charge in [-0.1, -0.05) is 19.8 Å². The Morgan fingerprint density at radius 2 is 2.00 bits per heavy atom. The molecule has 0 radical (unpaired) electrons. The van der Waals surface area contributed by atoms with Gasteiger partial charge in [0, 0.05) is 7.47 Å². The van der Waals surface area contributed by atoms with Crippen LogP contribution in [0.3, 0.4) is 0 Å². The van der Waals surface area contributed by atoms with Crippen LogP contribution in [0.15, 0.2) is 0 Å². The van der Waals surface area contributed by atoms with E-state index in [0.29, 0.717) is 0 Å². The zero-order valence-corrected chi connectivity index (χ0v) is 7.19. The first-order chi connectivity index (χ1) is 4.83. The van der Waals surface area contributed by atoms with Crippen molar-refractivity contribution in [1.29, 1.82) is 0 Å². The summed E-state index contributed by atoms with van der Waals surface area (Å²) >= 11 is 0. The third-order valence-corrected chi connectivity index (χ3v) is 2.67. The van der Waals surface area contributed by atoms with Crippen LogP contribution < -0.4 is 5.32 Å². The molecule has 62 valence electrons. The summed E-state index contributed by atoms with van der Waals surface area (Å²) < 4.78 is 0. The third-order valence-electron chi connectivity index (χ3n) is 2.67. The highest BCUT2D eigenvalue weighted by atomic mass is 14.9. The lowest BCUT2D eigenvalue weighted by molar-refractivity contribution is 0.475. The van der Waals surface area contributed by atoms with Gasteiger partial charge in [-0.05, 0) is 32.2 Å². The van der Waals surface area contributed by atoms with E-state index in [-0.39, 0.29) is 1.43 Å². The van der Waals surface area contributed by atoms with E-state index in [0.717, 1.165) is 12.0 Å². The quantitative estimate of drug-likeness (QED) is 0.556. The summed E-state index contributed by atoms with van der Waals surface area (Å²) in [6.45, 7) is 2.37. The maximum Gasteiger partial charge on any atom is 0.00641 e. The van der Waals surface area contributed by atoms with Gasteiger partial charge in [-0.2, -0.15) is 0 Å². The lowest BCUT2D eigenvalue weighted by Crippen LogP contribution is -2.23. The first-order valence-electron chi connectivity index (χ1n) is 4.50. The van der Waals surface area contributed by atoms with E-state index >= 15 is 0 Å². The standard InChI is InChI=1S/C9H19N.H2/c1-8-4-3-5-9(10-2)7-6-8;/h8-10H,3-7H2,1-2H3;1H/t8-,9+;/m1./s1. The van der Waals surface area contributed by atoms with Crippen LogP contribution in [0, 0.1) is 5.92 Å². The predicted molar refractivity (Wildman–Crippen MR) is 47.2 cm³/mol. The van der Waals surface area contributed by atoms with Crippen molar-refractivity contribution < 1.29 is 1.43 Å². The summed E-state index contributed by atoms with van der Waals surface area (Å²) in [7, 11) is 2.08. The van der Waals surface area contributed by atoms with Gasteiger partial charge < -0.3 is 5.32 Å². The molecule has 0 aromatic carbocycles. The third kappa shape index (κ3) is 2.30. The Bertz CT molecular complexity index is 95.6. The van der Waals surface area contributed by atoms with E-state index in [2.05, 4.69) is 19.3 Å². The molecule has 1 nitrogen and oxygen atoms in total. The molecule has 1 aliphatic rings. The lowest BCUT2D eigenvalue weighted by atomic mass is 10.0. The second kappa shape index (κ2) is 3.97. The van der Waals surface area contributed by atoms with Crippen molar-refractivity contribution in [2.45, 2.75) is 45.1 Å². The average molecular weight is 143 g/mol. The van der Waals surface area contributed by atoms with Gasteiger partial charge in [0.25, 0.3) is 0 Å². The SMILES string of the molecule is CN[C@H]1CCC[C@@H](C)CC1.[HH]. The summed E-state index contributed by atoms with van der Waals surface area (Å²) in [5, 5.41) is 3.36. The zero-order chi connectivity index (χ0) is 7.40. The fourth-order valence-corrected chi connectivity index (χ4v) is 1.78. The van der Waals surface area contributed by atoms with E-state index < -0.39 is 0 Å². The van der Waals surface area contributed by atoms with Crippen LogP contribution in [0.1, 0.15) is 40.5 Å². The molecule has 1 rings (SSSR count). The smallest absolute Gasteiger partial charge is 0.00641 e. The Morgan fingerprint density at radius 1 is 1.20 bits per heavy atom. The first-order valence-corrected chi connectivity index (χ1v) is 4.50. The molecule has 2 atom stereocenters. The number of nitrogens with one attached hydrogen (secondary N) is 1. The van der Waals surface area contributed by atoms with Crippen molar-refractivity contribution >= 4 is 0 Å². The van der Waals surface area contributed by atoms with E-state index in [1.54, 1.807) is 0 Å². The van der Waals surface area contributed by atoms with Gasteiger partial charge in [0.15, 0.2) is 0 Å². The summed E-state index contributed by atoms with van der Waals surface area (Å²) in [6.07, 6.45) is 7.06. The van der Waals surface area contributed by atoms with Crippen molar-refractivity contribution in [1.82, 2.24) is 5.32 Å². The van der Waals surface area contributed by atoms with Crippen molar-refractivity contribution in [2.24, 2.45) is 5.92 Å². The highest BCUT2D eigenvalue weighted by molar-refractivity contribution is 4.71. The van der Waals surface area contributed by atoms with E-state index in [1.807, 2.05) is 0 Å². The fourth-order valence-electron chi connectivity index (χ4n) is 1.78. The fraction of sp³-hybridized carbons (Fsp3) is 1.00. The Labute approximate surface area is 65.7 Å². The van der Waals surface area contributed by atoms with Crippen molar-refractivity contribution in [2.75, 3.05) is 7.05 Å². The van der Waals surface area contributed by atoms with Gasteiger partial charge in [0.2, 0.25) is 0 Å². The summed E-state index contributed by atoms with van der Waals surface area (Å²) in [6, 6.07) is 0.810. The van der Waals surface area contributed by atoms with Gasteiger partial charge in [-0.15, -0.1) is 0 Å². The van der Waals surface area contributed by atoms with Gasteiger partial charge in [-0.3, -0.25) is 0 Å². The Kier molecular flexibility index (Phi) is 3.20. The number of hydrogen-bond donors (Lipinski definition) is 1. The molecule has 0 unspecified atom stereocenters. The van der Waals surface area contributed by atoms with Crippen LogP contribution in [0.5, 0.6) is 0 Å². The minimum atomic E-state index is 0. The Morgan fingerprint density at radius 3 is 2.70 bits per heavy atom. The van der Waals surface area contributed by atoms with Crippen molar-refractivity contribution in [3.05, 3.63) is 0 Å². The zero-order valence-electron chi connectivity index (χ0n) is 7.19. The van der Waals surface area contributed by atoms with E-state index in [4.69, 9.17) is 0 Å². The molecule has 1 aliphatic carbocycles. The maximum atomic E-state index is 3.36. The molecule has 0 saturated heterocycles. The largest absolute Gasteiger partial charge is 0.317 e. The molecule has 1 N–H and O–H groups in total. The molecule has 0 heterocycles. The molecule has 0 bridgehead atoms. The number of hydrogen-bond acceptors (Lipinski definition) is 1.